The van der Waals surface area contributed by atoms with E-state index in [2.05, 4.69) is 20.6 Å². The van der Waals surface area contributed by atoms with E-state index in [4.69, 9.17) is 23.2 Å². The number of rotatable bonds is 4. The fourth-order valence-corrected chi connectivity index (χ4v) is 2.10. The second kappa shape index (κ2) is 6.74. The number of carbonyl (C=O) groups excluding carboxylic acids is 1. The number of aromatic nitrogens is 2. The van der Waals surface area contributed by atoms with Crippen LogP contribution in [-0.2, 0) is 4.79 Å². The third-order valence-corrected chi connectivity index (χ3v) is 3.23. The third kappa shape index (κ3) is 4.31. The number of benzene rings is 1. The van der Waals surface area contributed by atoms with E-state index in [0.29, 0.717) is 10.8 Å². The van der Waals surface area contributed by atoms with Crippen LogP contribution < -0.4 is 10.6 Å². The number of hydrogen-bond donors (Lipinski definition) is 2. The summed E-state index contributed by atoms with van der Waals surface area (Å²) in [6.07, 6.45) is 1.44. The maximum Gasteiger partial charge on any atom is 0.224 e. The molecule has 2 rings (SSSR count). The summed E-state index contributed by atoms with van der Waals surface area (Å²) in [5.41, 5.74) is 1.72. The van der Waals surface area contributed by atoms with Gasteiger partial charge in [-0.3, -0.25) is 4.79 Å². The van der Waals surface area contributed by atoms with E-state index < -0.39 is 0 Å². The minimum absolute atomic E-state index is 0.0674. The van der Waals surface area contributed by atoms with Gasteiger partial charge in [0.2, 0.25) is 11.2 Å². The second-order valence-electron chi connectivity index (χ2n) is 4.51. The lowest BCUT2D eigenvalue weighted by molar-refractivity contribution is -0.114. The quantitative estimate of drug-likeness (QED) is 0.836. The van der Waals surface area contributed by atoms with Crippen LogP contribution in [0.25, 0.3) is 0 Å². The van der Waals surface area contributed by atoms with Crippen LogP contribution in [-0.4, -0.2) is 15.9 Å². The highest BCUT2D eigenvalue weighted by molar-refractivity contribution is 6.33. The summed E-state index contributed by atoms with van der Waals surface area (Å²) in [6.45, 7) is 3.43. The van der Waals surface area contributed by atoms with Gasteiger partial charge in [-0.25, -0.2) is 4.98 Å². The molecule has 0 saturated heterocycles. The minimum atomic E-state index is -0.113. The lowest BCUT2D eigenvalue weighted by Crippen LogP contribution is -2.10. The zero-order valence-corrected chi connectivity index (χ0v) is 13.0. The van der Waals surface area contributed by atoms with Crippen LogP contribution in [0.3, 0.4) is 0 Å². The summed E-state index contributed by atoms with van der Waals surface area (Å²) in [7, 11) is 0. The molecule has 0 aliphatic heterocycles. The largest absolute Gasteiger partial charge is 0.362 e. The molecule has 2 N–H and O–H groups in total. The molecule has 0 aliphatic rings. The van der Waals surface area contributed by atoms with E-state index in [9.17, 15) is 4.79 Å². The summed E-state index contributed by atoms with van der Waals surface area (Å²) in [5, 5.41) is 6.43. The van der Waals surface area contributed by atoms with Gasteiger partial charge in [-0.15, -0.1) is 0 Å². The smallest absolute Gasteiger partial charge is 0.224 e. The molecule has 2 aromatic rings. The first-order valence-corrected chi connectivity index (χ1v) is 7.03. The molecule has 1 unspecified atom stereocenters. The van der Waals surface area contributed by atoms with Crippen molar-refractivity contribution >= 4 is 40.6 Å². The SMILES string of the molecule is CC(=O)Nc1cccc(C(C)Nc2nc(Cl)ncc2Cl)c1. The molecule has 21 heavy (non-hydrogen) atoms. The zero-order chi connectivity index (χ0) is 15.4. The van der Waals surface area contributed by atoms with Crippen molar-refractivity contribution in [2.24, 2.45) is 0 Å². The van der Waals surface area contributed by atoms with Crippen molar-refractivity contribution in [2.45, 2.75) is 19.9 Å². The van der Waals surface area contributed by atoms with Crippen LogP contribution in [0.2, 0.25) is 10.3 Å². The van der Waals surface area contributed by atoms with E-state index in [1.807, 2.05) is 31.2 Å². The second-order valence-corrected chi connectivity index (χ2v) is 5.25. The van der Waals surface area contributed by atoms with E-state index in [1.54, 1.807) is 0 Å². The average molecular weight is 325 g/mol. The van der Waals surface area contributed by atoms with Gasteiger partial charge in [0, 0.05) is 12.6 Å². The minimum Gasteiger partial charge on any atom is -0.362 e. The molecular formula is C14H14Cl2N4O. The Morgan fingerprint density at radius 1 is 1.33 bits per heavy atom. The van der Waals surface area contributed by atoms with Gasteiger partial charge < -0.3 is 10.6 Å². The number of nitrogens with zero attached hydrogens (tertiary/aromatic N) is 2. The van der Waals surface area contributed by atoms with Crippen LogP contribution in [0.1, 0.15) is 25.5 Å². The molecule has 0 fully saturated rings. The summed E-state index contributed by atoms with van der Waals surface area (Å²) >= 11 is 11.8. The van der Waals surface area contributed by atoms with E-state index in [1.165, 1.54) is 13.1 Å². The van der Waals surface area contributed by atoms with Crippen molar-refractivity contribution in [1.29, 1.82) is 0 Å². The van der Waals surface area contributed by atoms with Crippen molar-refractivity contribution in [2.75, 3.05) is 10.6 Å². The summed E-state index contributed by atoms with van der Waals surface area (Å²) in [4.78, 5) is 18.9. The predicted molar refractivity (Wildman–Crippen MR) is 84.8 cm³/mol. The Hall–Kier alpha value is -1.85. The average Bonchev–Trinajstić information content (AvgIpc) is 2.42. The van der Waals surface area contributed by atoms with Crippen molar-refractivity contribution < 1.29 is 4.79 Å². The van der Waals surface area contributed by atoms with Crippen LogP contribution in [0.4, 0.5) is 11.5 Å². The third-order valence-electron chi connectivity index (χ3n) is 2.77. The highest BCUT2D eigenvalue weighted by Crippen LogP contribution is 2.25. The maximum absolute atomic E-state index is 11.1. The zero-order valence-electron chi connectivity index (χ0n) is 11.5. The number of nitrogens with one attached hydrogen (secondary N) is 2. The molecule has 1 aromatic heterocycles. The van der Waals surface area contributed by atoms with Gasteiger partial charge >= 0.3 is 0 Å². The van der Waals surface area contributed by atoms with Gasteiger partial charge in [0.25, 0.3) is 0 Å². The Bertz CT molecular complexity index is 663. The topological polar surface area (TPSA) is 66.9 Å². The molecule has 7 heteroatoms. The highest BCUT2D eigenvalue weighted by atomic mass is 35.5. The summed E-state index contributed by atoms with van der Waals surface area (Å²) in [5.74, 6) is 0.354. The Morgan fingerprint density at radius 3 is 2.81 bits per heavy atom. The van der Waals surface area contributed by atoms with Gasteiger partial charge in [-0.1, -0.05) is 23.7 Å². The fraction of sp³-hybridized carbons (Fsp3) is 0.214. The van der Waals surface area contributed by atoms with Gasteiger partial charge in [0.05, 0.1) is 12.2 Å². The Kier molecular flexibility index (Phi) is 4.98. The van der Waals surface area contributed by atoms with Crippen LogP contribution in [0, 0.1) is 0 Å². The van der Waals surface area contributed by atoms with E-state index in [0.717, 1.165) is 11.3 Å². The van der Waals surface area contributed by atoms with Gasteiger partial charge in [0.1, 0.15) is 10.8 Å². The first kappa shape index (κ1) is 15.5. The molecule has 0 bridgehead atoms. The van der Waals surface area contributed by atoms with Crippen molar-refractivity contribution in [3.8, 4) is 0 Å². The maximum atomic E-state index is 11.1. The molecule has 0 spiro atoms. The Morgan fingerprint density at radius 2 is 2.10 bits per heavy atom. The Labute approximate surface area is 132 Å². The van der Waals surface area contributed by atoms with Crippen molar-refractivity contribution in [1.82, 2.24) is 9.97 Å². The number of anilines is 2. The molecule has 1 amide bonds. The predicted octanol–water partition coefficient (Wildman–Crippen LogP) is 3.91. The molecule has 0 aliphatic carbocycles. The standard InChI is InChI=1S/C14H14Cl2N4O/c1-8(18-13-12(15)7-17-14(16)20-13)10-4-3-5-11(6-10)19-9(2)21/h3-8H,1-2H3,(H,19,21)(H,17,18,20). The molecular weight excluding hydrogens is 311 g/mol. The first-order chi connectivity index (χ1) is 9.95. The van der Waals surface area contributed by atoms with Crippen LogP contribution in [0.5, 0.6) is 0 Å². The summed E-state index contributed by atoms with van der Waals surface area (Å²) in [6, 6.07) is 7.46. The number of hydrogen-bond acceptors (Lipinski definition) is 4. The molecule has 110 valence electrons. The fourth-order valence-electron chi connectivity index (χ4n) is 1.82. The van der Waals surface area contributed by atoms with Crippen LogP contribution >= 0.6 is 23.2 Å². The van der Waals surface area contributed by atoms with Crippen LogP contribution in [0.15, 0.2) is 30.5 Å². The van der Waals surface area contributed by atoms with Gasteiger partial charge in [-0.05, 0) is 36.2 Å². The Balaban J connectivity index is 2.18. The van der Waals surface area contributed by atoms with Crippen molar-refractivity contribution in [3.63, 3.8) is 0 Å². The first-order valence-electron chi connectivity index (χ1n) is 6.28. The van der Waals surface area contributed by atoms with E-state index in [-0.39, 0.29) is 17.2 Å². The molecule has 0 radical (unpaired) electrons. The van der Waals surface area contributed by atoms with Gasteiger partial charge in [-0.2, -0.15) is 4.98 Å². The summed E-state index contributed by atoms with van der Waals surface area (Å²) < 4.78 is 0. The molecule has 1 aromatic carbocycles. The highest BCUT2D eigenvalue weighted by Gasteiger charge is 2.11. The lowest BCUT2D eigenvalue weighted by atomic mass is 10.1. The molecule has 1 heterocycles. The normalized spacial score (nSPS) is 11.8. The lowest BCUT2D eigenvalue weighted by Gasteiger charge is -2.16. The monoisotopic (exact) mass is 324 g/mol. The molecule has 0 saturated carbocycles. The molecule has 5 nitrogen and oxygen atoms in total. The number of halogens is 2. The molecule has 1 atom stereocenters. The van der Waals surface area contributed by atoms with Gasteiger partial charge in [0.15, 0.2) is 0 Å². The number of amides is 1. The van der Waals surface area contributed by atoms with Crippen molar-refractivity contribution in [3.05, 3.63) is 46.3 Å². The van der Waals surface area contributed by atoms with E-state index >= 15 is 0 Å². The number of carbonyl (C=O) groups is 1.